The van der Waals surface area contributed by atoms with Crippen molar-refractivity contribution in [3.63, 3.8) is 0 Å². The van der Waals surface area contributed by atoms with Crippen LogP contribution >= 0.6 is 27.5 Å². The zero-order chi connectivity index (χ0) is 26.4. The number of rotatable bonds is 9. The van der Waals surface area contributed by atoms with Crippen LogP contribution in [0.5, 0.6) is 11.5 Å². The van der Waals surface area contributed by atoms with E-state index in [9.17, 15) is 4.79 Å². The van der Waals surface area contributed by atoms with Crippen molar-refractivity contribution in [1.82, 2.24) is 9.99 Å². The van der Waals surface area contributed by atoms with Crippen LogP contribution in [0.3, 0.4) is 0 Å². The number of nitrogens with one attached hydrogen (secondary N) is 1. The standard InChI is InChI=1S/C27H22BrClN4O4/c1-17-3-4-18(2)33(17)20-5-7-21(8-6-20)36-16-22-9-10-25(37-22)27(34)32-31-15-19-13-23(28)26(24(29)14-19)35-12-11-30/h3-10,13-15H,12,16H2,1-2H3,(H,32,34)/b31-15+. The van der Waals surface area contributed by atoms with Crippen molar-refractivity contribution in [3.05, 3.63) is 98.6 Å². The van der Waals surface area contributed by atoms with E-state index in [-0.39, 0.29) is 19.0 Å². The number of amides is 1. The third kappa shape index (κ3) is 6.42. The Hall–Kier alpha value is -4.00. The van der Waals surface area contributed by atoms with Crippen molar-refractivity contribution in [2.75, 3.05) is 6.61 Å². The van der Waals surface area contributed by atoms with Crippen molar-refractivity contribution < 1.29 is 18.7 Å². The molecule has 0 saturated carbocycles. The van der Waals surface area contributed by atoms with Crippen LogP contribution in [0, 0.1) is 25.2 Å². The van der Waals surface area contributed by atoms with Crippen molar-refractivity contribution in [3.8, 4) is 23.3 Å². The van der Waals surface area contributed by atoms with E-state index >= 15 is 0 Å². The number of nitriles is 1. The summed E-state index contributed by atoms with van der Waals surface area (Å²) in [5.41, 5.74) is 6.40. The predicted octanol–water partition coefficient (Wildman–Crippen LogP) is 6.35. The molecule has 188 valence electrons. The van der Waals surface area contributed by atoms with Gasteiger partial charge in [-0.15, -0.1) is 0 Å². The second kappa shape index (κ2) is 11.8. The first kappa shape index (κ1) is 26.1. The molecule has 0 unspecified atom stereocenters. The number of carbonyl (C=O) groups is 1. The summed E-state index contributed by atoms with van der Waals surface area (Å²) in [7, 11) is 0. The molecule has 8 nitrogen and oxygen atoms in total. The molecule has 0 radical (unpaired) electrons. The molecule has 4 rings (SSSR count). The molecule has 4 aromatic rings. The average molecular weight is 582 g/mol. The minimum atomic E-state index is -0.511. The van der Waals surface area contributed by atoms with E-state index in [0.717, 1.165) is 17.1 Å². The molecule has 0 saturated heterocycles. The van der Waals surface area contributed by atoms with Crippen molar-refractivity contribution >= 4 is 39.7 Å². The van der Waals surface area contributed by atoms with E-state index < -0.39 is 5.91 Å². The lowest BCUT2D eigenvalue weighted by Crippen LogP contribution is -2.16. The lowest BCUT2D eigenvalue weighted by Gasteiger charge is -2.10. The van der Waals surface area contributed by atoms with E-state index in [2.05, 4.69) is 57.0 Å². The molecule has 0 aliphatic rings. The topological polar surface area (TPSA) is 102 Å². The van der Waals surface area contributed by atoms with E-state index in [1.54, 1.807) is 24.3 Å². The monoisotopic (exact) mass is 580 g/mol. The normalized spacial score (nSPS) is 10.9. The molecule has 0 spiro atoms. The molecule has 0 aliphatic heterocycles. The first-order valence-electron chi connectivity index (χ1n) is 11.1. The van der Waals surface area contributed by atoms with Crippen molar-refractivity contribution in [2.45, 2.75) is 20.5 Å². The van der Waals surface area contributed by atoms with Gasteiger partial charge in [0.15, 0.2) is 18.1 Å². The molecule has 2 aromatic heterocycles. The summed E-state index contributed by atoms with van der Waals surface area (Å²) < 4.78 is 19.4. The van der Waals surface area contributed by atoms with Gasteiger partial charge < -0.3 is 18.5 Å². The van der Waals surface area contributed by atoms with Crippen LogP contribution in [0.25, 0.3) is 5.69 Å². The van der Waals surface area contributed by atoms with Crippen molar-refractivity contribution in [1.29, 1.82) is 5.26 Å². The maximum Gasteiger partial charge on any atom is 0.307 e. The fourth-order valence-electron chi connectivity index (χ4n) is 3.62. The van der Waals surface area contributed by atoms with Crippen LogP contribution in [-0.2, 0) is 6.61 Å². The number of ether oxygens (including phenoxy) is 2. The fraction of sp³-hybridized carbons (Fsp3) is 0.148. The quantitative estimate of drug-likeness (QED) is 0.183. The summed E-state index contributed by atoms with van der Waals surface area (Å²) in [5.74, 6) is 1.13. The molecule has 0 aliphatic carbocycles. The number of nitrogens with zero attached hydrogens (tertiary/aromatic N) is 3. The maximum atomic E-state index is 12.4. The number of furan rings is 1. The molecule has 10 heteroatoms. The number of hydrogen-bond acceptors (Lipinski definition) is 6. The molecular formula is C27H22BrClN4O4. The van der Waals surface area contributed by atoms with Crippen LogP contribution in [0.1, 0.15) is 33.3 Å². The lowest BCUT2D eigenvalue weighted by atomic mass is 10.2. The minimum Gasteiger partial charge on any atom is -0.486 e. The molecule has 0 fully saturated rings. The Morgan fingerprint density at radius 2 is 1.86 bits per heavy atom. The Kier molecular flexibility index (Phi) is 8.33. The highest BCUT2D eigenvalue weighted by Gasteiger charge is 2.12. The van der Waals surface area contributed by atoms with Gasteiger partial charge in [-0.3, -0.25) is 4.79 Å². The number of hydrazone groups is 1. The molecular weight excluding hydrogens is 560 g/mol. The Morgan fingerprint density at radius 3 is 2.54 bits per heavy atom. The number of aryl methyl sites for hydroxylation is 2. The smallest absolute Gasteiger partial charge is 0.307 e. The highest BCUT2D eigenvalue weighted by atomic mass is 79.9. The van der Waals surface area contributed by atoms with Gasteiger partial charge in [-0.25, -0.2) is 5.43 Å². The number of benzene rings is 2. The average Bonchev–Trinajstić information content (AvgIpc) is 3.49. The summed E-state index contributed by atoms with van der Waals surface area (Å²) in [6.45, 7) is 4.17. The van der Waals surface area contributed by atoms with Crippen LogP contribution in [0.2, 0.25) is 5.02 Å². The van der Waals surface area contributed by atoms with Gasteiger partial charge in [-0.1, -0.05) is 11.6 Å². The van der Waals surface area contributed by atoms with E-state index in [1.165, 1.54) is 6.21 Å². The van der Waals surface area contributed by atoms with Gasteiger partial charge in [-0.05, 0) is 96.0 Å². The Labute approximate surface area is 227 Å². The third-order valence-corrected chi connectivity index (χ3v) is 6.18. The first-order valence-corrected chi connectivity index (χ1v) is 12.3. The number of halogens is 2. The Bertz CT molecular complexity index is 1440. The van der Waals surface area contributed by atoms with Crippen molar-refractivity contribution in [2.24, 2.45) is 5.10 Å². The summed E-state index contributed by atoms with van der Waals surface area (Å²) in [6.07, 6.45) is 1.43. The van der Waals surface area contributed by atoms with E-state index in [0.29, 0.717) is 32.3 Å². The Balaban J connectivity index is 1.31. The summed E-state index contributed by atoms with van der Waals surface area (Å²) in [6, 6.07) is 20.3. The van der Waals surface area contributed by atoms with Crippen LogP contribution in [0.4, 0.5) is 0 Å². The number of hydrogen-bond donors (Lipinski definition) is 1. The second-order valence-electron chi connectivity index (χ2n) is 7.96. The van der Waals surface area contributed by atoms with Gasteiger partial charge >= 0.3 is 5.91 Å². The van der Waals surface area contributed by atoms with Crippen LogP contribution < -0.4 is 14.9 Å². The molecule has 0 bridgehead atoms. The first-order chi connectivity index (χ1) is 17.9. The largest absolute Gasteiger partial charge is 0.486 e. The molecule has 0 atom stereocenters. The van der Waals surface area contributed by atoms with Crippen LogP contribution in [-0.4, -0.2) is 23.3 Å². The number of aromatic nitrogens is 1. The maximum absolute atomic E-state index is 12.4. The summed E-state index contributed by atoms with van der Waals surface area (Å²) in [4.78, 5) is 12.4. The lowest BCUT2D eigenvalue weighted by molar-refractivity contribution is 0.0923. The Morgan fingerprint density at radius 1 is 1.14 bits per heavy atom. The zero-order valence-corrected chi connectivity index (χ0v) is 22.3. The molecule has 2 heterocycles. The third-order valence-electron chi connectivity index (χ3n) is 5.31. The zero-order valence-electron chi connectivity index (χ0n) is 20.0. The molecule has 1 N–H and O–H groups in total. The van der Waals surface area contributed by atoms with Gasteiger partial charge in [-0.2, -0.15) is 10.4 Å². The number of carbonyl (C=O) groups excluding carboxylic acids is 1. The van der Waals surface area contributed by atoms with Gasteiger partial charge in [0, 0.05) is 17.1 Å². The van der Waals surface area contributed by atoms with Gasteiger partial charge in [0.05, 0.1) is 15.7 Å². The fourth-order valence-corrected chi connectivity index (χ4v) is 4.60. The molecule has 1 amide bonds. The molecule has 2 aromatic carbocycles. The van der Waals surface area contributed by atoms with Gasteiger partial charge in [0.1, 0.15) is 24.2 Å². The van der Waals surface area contributed by atoms with E-state index in [1.807, 2.05) is 30.3 Å². The van der Waals surface area contributed by atoms with Crippen LogP contribution in [0.15, 0.2) is 74.7 Å². The van der Waals surface area contributed by atoms with Gasteiger partial charge in [0.25, 0.3) is 0 Å². The second-order valence-corrected chi connectivity index (χ2v) is 9.22. The minimum absolute atomic E-state index is 0.101. The molecule has 37 heavy (non-hydrogen) atoms. The SMILES string of the molecule is Cc1ccc(C)n1-c1ccc(OCc2ccc(C(=O)N/N=C/c3cc(Cl)c(OCC#N)c(Br)c3)o2)cc1. The highest BCUT2D eigenvalue weighted by molar-refractivity contribution is 9.10. The summed E-state index contributed by atoms with van der Waals surface area (Å²) >= 11 is 9.53. The highest BCUT2D eigenvalue weighted by Crippen LogP contribution is 2.34. The van der Waals surface area contributed by atoms with E-state index in [4.69, 9.17) is 30.8 Å². The van der Waals surface area contributed by atoms with Gasteiger partial charge in [0.2, 0.25) is 0 Å². The predicted molar refractivity (Wildman–Crippen MR) is 144 cm³/mol. The summed E-state index contributed by atoms with van der Waals surface area (Å²) in [5, 5.41) is 12.9.